The monoisotopic (exact) mass is 216 g/mol. The molecule has 0 unspecified atom stereocenters. The molecule has 0 saturated heterocycles. The van der Waals surface area contributed by atoms with Gasteiger partial charge in [0.2, 0.25) is 5.91 Å². The highest BCUT2D eigenvalue weighted by Crippen LogP contribution is 2.19. The van der Waals surface area contributed by atoms with Crippen LogP contribution < -0.4 is 0 Å². The Morgan fingerprint density at radius 3 is 2.62 bits per heavy atom. The average Bonchev–Trinajstić information content (AvgIpc) is 2.67. The fourth-order valence-corrected chi connectivity index (χ4v) is 1.68. The van der Waals surface area contributed by atoms with Crippen molar-refractivity contribution in [2.75, 3.05) is 0 Å². The van der Waals surface area contributed by atoms with E-state index in [0.29, 0.717) is 17.6 Å². The number of aromatic nitrogens is 2. The van der Waals surface area contributed by atoms with E-state index in [9.17, 15) is 9.59 Å². The summed E-state index contributed by atoms with van der Waals surface area (Å²) in [5.74, 6) is -0.234. The van der Waals surface area contributed by atoms with Crippen LogP contribution in [0, 0.1) is 0 Å². The van der Waals surface area contributed by atoms with Gasteiger partial charge >= 0.3 is 0 Å². The lowest BCUT2D eigenvalue weighted by Crippen LogP contribution is -2.08. The van der Waals surface area contributed by atoms with Crippen LogP contribution in [0.15, 0.2) is 24.3 Å². The molecule has 0 aliphatic heterocycles. The number of carbonyl (C=O) groups is 2. The highest BCUT2D eigenvalue weighted by Gasteiger charge is 2.16. The summed E-state index contributed by atoms with van der Waals surface area (Å²) >= 11 is 0. The summed E-state index contributed by atoms with van der Waals surface area (Å²) in [6.07, 6.45) is 0.388. The van der Waals surface area contributed by atoms with Gasteiger partial charge in [-0.15, -0.1) is 0 Å². The number of nitrogens with zero attached hydrogens (tertiary/aromatic N) is 2. The summed E-state index contributed by atoms with van der Waals surface area (Å²) in [5.41, 5.74) is 1.07. The highest BCUT2D eigenvalue weighted by molar-refractivity contribution is 6.07. The normalized spacial score (nSPS) is 10.6. The second-order valence-corrected chi connectivity index (χ2v) is 3.57. The lowest BCUT2D eigenvalue weighted by Gasteiger charge is -1.94. The first-order valence-electron chi connectivity index (χ1n) is 5.17. The molecule has 0 aliphatic carbocycles. The van der Waals surface area contributed by atoms with E-state index < -0.39 is 0 Å². The van der Waals surface area contributed by atoms with Crippen LogP contribution in [0.4, 0.5) is 0 Å². The number of benzene rings is 1. The number of para-hydroxylation sites is 1. The molecule has 0 spiro atoms. The predicted octanol–water partition coefficient (Wildman–Crippen LogP) is 2.29. The largest absolute Gasteiger partial charge is 0.292 e. The standard InChI is InChI=1S/C12H12N2O2/c1-3-11(16)12-9-6-4-5-7-10(9)14(13-12)8(2)15/h4-7H,3H2,1-2H3. The van der Waals surface area contributed by atoms with Gasteiger partial charge in [-0.25, -0.2) is 0 Å². The van der Waals surface area contributed by atoms with Crippen LogP contribution in [0.3, 0.4) is 0 Å². The molecule has 0 amide bonds. The Balaban J connectivity index is 2.76. The lowest BCUT2D eigenvalue weighted by molar-refractivity contribution is 0.0925. The van der Waals surface area contributed by atoms with Crippen LogP contribution in [-0.2, 0) is 0 Å². The van der Waals surface area contributed by atoms with Crippen LogP contribution in [0.5, 0.6) is 0 Å². The Labute approximate surface area is 92.9 Å². The number of fused-ring (bicyclic) bond motifs is 1. The zero-order chi connectivity index (χ0) is 11.7. The van der Waals surface area contributed by atoms with Crippen molar-refractivity contribution < 1.29 is 9.59 Å². The summed E-state index contributed by atoms with van der Waals surface area (Å²) < 4.78 is 1.28. The third-order valence-electron chi connectivity index (χ3n) is 2.47. The van der Waals surface area contributed by atoms with Gasteiger partial charge in [-0.3, -0.25) is 9.59 Å². The number of hydrogen-bond donors (Lipinski definition) is 0. The van der Waals surface area contributed by atoms with Gasteiger partial charge in [0, 0.05) is 18.7 Å². The van der Waals surface area contributed by atoms with Crippen LogP contribution in [0.25, 0.3) is 10.9 Å². The van der Waals surface area contributed by atoms with Crippen LogP contribution >= 0.6 is 0 Å². The predicted molar refractivity (Wildman–Crippen MR) is 60.7 cm³/mol. The number of ketones is 1. The van der Waals surface area contributed by atoms with E-state index >= 15 is 0 Å². The molecule has 4 heteroatoms. The molecule has 1 aromatic carbocycles. The highest BCUT2D eigenvalue weighted by atomic mass is 16.2. The fraction of sp³-hybridized carbons (Fsp3) is 0.250. The molecular formula is C12H12N2O2. The number of hydrogen-bond acceptors (Lipinski definition) is 3. The van der Waals surface area contributed by atoms with E-state index in [0.717, 1.165) is 5.39 Å². The lowest BCUT2D eigenvalue weighted by atomic mass is 10.1. The minimum atomic E-state index is -0.189. The van der Waals surface area contributed by atoms with Gasteiger partial charge < -0.3 is 0 Å². The second kappa shape index (κ2) is 3.89. The van der Waals surface area contributed by atoms with E-state index in [2.05, 4.69) is 5.10 Å². The molecule has 2 aromatic rings. The average molecular weight is 216 g/mol. The minimum Gasteiger partial charge on any atom is -0.292 e. The second-order valence-electron chi connectivity index (χ2n) is 3.57. The molecule has 82 valence electrons. The molecule has 0 atom stereocenters. The van der Waals surface area contributed by atoms with Gasteiger partial charge in [-0.05, 0) is 6.07 Å². The first-order chi connectivity index (χ1) is 7.65. The van der Waals surface area contributed by atoms with Crippen molar-refractivity contribution in [2.45, 2.75) is 20.3 Å². The van der Waals surface area contributed by atoms with E-state index in [-0.39, 0.29) is 11.7 Å². The third-order valence-corrected chi connectivity index (χ3v) is 2.47. The number of rotatable bonds is 2. The molecule has 0 fully saturated rings. The van der Waals surface area contributed by atoms with Gasteiger partial charge in [-0.2, -0.15) is 9.78 Å². The SMILES string of the molecule is CCC(=O)c1nn(C(C)=O)c2ccccc12. The minimum absolute atomic E-state index is 0.0452. The molecular weight excluding hydrogens is 204 g/mol. The van der Waals surface area contributed by atoms with Crippen molar-refractivity contribution >= 4 is 22.6 Å². The molecule has 1 heterocycles. The van der Waals surface area contributed by atoms with Crippen molar-refractivity contribution in [3.8, 4) is 0 Å². The maximum Gasteiger partial charge on any atom is 0.244 e. The molecule has 0 radical (unpaired) electrons. The van der Waals surface area contributed by atoms with E-state index in [1.54, 1.807) is 13.0 Å². The van der Waals surface area contributed by atoms with Crippen LogP contribution in [-0.4, -0.2) is 21.5 Å². The summed E-state index contributed by atoms with van der Waals surface area (Å²) in [6, 6.07) is 7.26. The Morgan fingerprint density at radius 1 is 1.31 bits per heavy atom. The number of Topliss-reactive ketones (excluding diaryl/α,β-unsaturated/α-hetero) is 1. The van der Waals surface area contributed by atoms with Crippen molar-refractivity contribution in [3.05, 3.63) is 30.0 Å². The van der Waals surface area contributed by atoms with Crippen molar-refractivity contribution in [3.63, 3.8) is 0 Å². The van der Waals surface area contributed by atoms with Crippen molar-refractivity contribution in [1.29, 1.82) is 0 Å². The Bertz CT molecular complexity index is 569. The molecule has 0 N–H and O–H groups in total. The van der Waals surface area contributed by atoms with E-state index in [1.165, 1.54) is 11.6 Å². The van der Waals surface area contributed by atoms with Gasteiger partial charge in [0.25, 0.3) is 0 Å². The zero-order valence-electron chi connectivity index (χ0n) is 9.23. The summed E-state index contributed by atoms with van der Waals surface area (Å²) in [6.45, 7) is 3.21. The molecule has 16 heavy (non-hydrogen) atoms. The molecule has 0 bridgehead atoms. The van der Waals surface area contributed by atoms with Gasteiger partial charge in [0.05, 0.1) is 5.52 Å². The smallest absolute Gasteiger partial charge is 0.244 e. The maximum absolute atomic E-state index is 11.7. The molecule has 2 rings (SSSR count). The van der Waals surface area contributed by atoms with Gasteiger partial charge in [-0.1, -0.05) is 25.1 Å². The first kappa shape index (κ1) is 10.5. The van der Waals surface area contributed by atoms with Gasteiger partial charge in [0.15, 0.2) is 5.78 Å². The van der Waals surface area contributed by atoms with Crippen LogP contribution in [0.1, 0.15) is 35.6 Å². The van der Waals surface area contributed by atoms with E-state index in [4.69, 9.17) is 0 Å². The van der Waals surface area contributed by atoms with Gasteiger partial charge in [0.1, 0.15) is 5.69 Å². The Morgan fingerprint density at radius 2 is 2.00 bits per heavy atom. The Hall–Kier alpha value is -1.97. The van der Waals surface area contributed by atoms with Crippen molar-refractivity contribution in [2.24, 2.45) is 0 Å². The molecule has 1 aromatic heterocycles. The summed E-state index contributed by atoms with van der Waals surface area (Å²) in [4.78, 5) is 23.0. The quantitative estimate of drug-likeness (QED) is 0.724. The summed E-state index contributed by atoms with van der Waals surface area (Å²) in [7, 11) is 0. The molecule has 0 aliphatic rings. The maximum atomic E-state index is 11.7. The number of carbonyl (C=O) groups excluding carboxylic acids is 2. The molecule has 0 saturated carbocycles. The third kappa shape index (κ3) is 1.52. The first-order valence-corrected chi connectivity index (χ1v) is 5.17. The Kier molecular flexibility index (Phi) is 2.56. The summed E-state index contributed by atoms with van der Waals surface area (Å²) in [5, 5.41) is 4.82. The zero-order valence-corrected chi connectivity index (χ0v) is 9.23. The topological polar surface area (TPSA) is 52.0 Å². The van der Waals surface area contributed by atoms with Crippen LogP contribution in [0.2, 0.25) is 0 Å². The molecule has 4 nitrogen and oxygen atoms in total. The van der Waals surface area contributed by atoms with E-state index in [1.807, 2.05) is 18.2 Å². The fourth-order valence-electron chi connectivity index (χ4n) is 1.68. The van der Waals surface area contributed by atoms with Crippen molar-refractivity contribution in [1.82, 2.24) is 9.78 Å².